The van der Waals surface area contributed by atoms with E-state index in [1.807, 2.05) is 24.3 Å². The molecule has 0 unspecified atom stereocenters. The van der Waals surface area contributed by atoms with E-state index in [1.165, 1.54) is 0 Å². The summed E-state index contributed by atoms with van der Waals surface area (Å²) in [4.78, 5) is 10.6. The molecule has 4 nitrogen and oxygen atoms in total. The maximum absolute atomic E-state index is 10.6. The highest BCUT2D eigenvalue weighted by Gasteiger charge is 1.95. The van der Waals surface area contributed by atoms with Gasteiger partial charge < -0.3 is 16.2 Å². The lowest BCUT2D eigenvalue weighted by molar-refractivity contribution is 0.259. The second-order valence-corrected chi connectivity index (χ2v) is 3.03. The van der Waals surface area contributed by atoms with Crippen molar-refractivity contribution in [3.63, 3.8) is 0 Å². The Labute approximate surface area is 88.4 Å². The number of hydrogen-bond donors (Lipinski definition) is 3. The highest BCUT2D eigenvalue weighted by atomic mass is 16.2. The monoisotopic (exact) mass is 206 g/mol. The van der Waals surface area contributed by atoms with Gasteiger partial charge in [0, 0.05) is 12.3 Å². The number of carbonyl (C=O) groups is 1. The Bertz CT molecular complexity index is 361. The SMILES string of the molecule is NC(=O)Nc1cccc(C=CCCO)c1. The number of aliphatic hydroxyl groups excluding tert-OH is 1. The molecule has 4 heteroatoms. The molecule has 1 rings (SSSR count). The highest BCUT2D eigenvalue weighted by Crippen LogP contribution is 2.11. The highest BCUT2D eigenvalue weighted by molar-refractivity contribution is 5.88. The van der Waals surface area contributed by atoms with Gasteiger partial charge in [-0.1, -0.05) is 24.3 Å². The number of hydrogen-bond acceptors (Lipinski definition) is 2. The van der Waals surface area contributed by atoms with Crippen molar-refractivity contribution in [1.82, 2.24) is 0 Å². The summed E-state index contributed by atoms with van der Waals surface area (Å²) in [6.45, 7) is 0.135. The Morgan fingerprint density at radius 2 is 2.33 bits per heavy atom. The number of benzene rings is 1. The fourth-order valence-electron chi connectivity index (χ4n) is 1.16. The van der Waals surface area contributed by atoms with E-state index in [9.17, 15) is 4.79 Å². The molecule has 0 heterocycles. The van der Waals surface area contributed by atoms with Gasteiger partial charge in [0.05, 0.1) is 0 Å². The number of rotatable bonds is 4. The molecule has 0 saturated heterocycles. The molecule has 0 aliphatic rings. The molecule has 0 aliphatic carbocycles. The first-order chi connectivity index (χ1) is 7.22. The van der Waals surface area contributed by atoms with Gasteiger partial charge in [-0.2, -0.15) is 0 Å². The number of carbonyl (C=O) groups excluding carboxylic acids is 1. The van der Waals surface area contributed by atoms with E-state index in [1.54, 1.807) is 12.1 Å². The minimum absolute atomic E-state index is 0.135. The number of aliphatic hydroxyl groups is 1. The molecular weight excluding hydrogens is 192 g/mol. The van der Waals surface area contributed by atoms with E-state index in [0.717, 1.165) is 5.56 Å². The van der Waals surface area contributed by atoms with Gasteiger partial charge in [-0.15, -0.1) is 0 Å². The molecular formula is C11H14N2O2. The van der Waals surface area contributed by atoms with E-state index >= 15 is 0 Å². The van der Waals surface area contributed by atoms with Gasteiger partial charge in [0.25, 0.3) is 0 Å². The van der Waals surface area contributed by atoms with Gasteiger partial charge in [0.15, 0.2) is 0 Å². The third kappa shape index (κ3) is 4.28. The zero-order valence-electron chi connectivity index (χ0n) is 8.31. The number of nitrogens with one attached hydrogen (secondary N) is 1. The second kappa shape index (κ2) is 5.82. The van der Waals surface area contributed by atoms with Crippen LogP contribution in [0, 0.1) is 0 Å². The standard InChI is InChI=1S/C11H14N2O2/c12-11(15)13-10-6-3-5-9(8-10)4-1-2-7-14/h1,3-6,8,14H,2,7H2,(H3,12,13,15). The molecule has 0 saturated carbocycles. The topological polar surface area (TPSA) is 75.4 Å². The van der Waals surface area contributed by atoms with E-state index in [4.69, 9.17) is 10.8 Å². The normalized spacial score (nSPS) is 10.5. The third-order valence-electron chi connectivity index (χ3n) is 1.76. The fourth-order valence-corrected chi connectivity index (χ4v) is 1.16. The van der Waals surface area contributed by atoms with Crippen LogP contribution in [0.5, 0.6) is 0 Å². The number of primary amides is 1. The molecule has 0 radical (unpaired) electrons. The molecule has 0 aliphatic heterocycles. The van der Waals surface area contributed by atoms with Gasteiger partial charge in [0.2, 0.25) is 0 Å². The van der Waals surface area contributed by atoms with Crippen molar-refractivity contribution in [2.45, 2.75) is 6.42 Å². The predicted octanol–water partition coefficient (Wildman–Crippen LogP) is 1.57. The lowest BCUT2D eigenvalue weighted by atomic mass is 10.2. The predicted molar refractivity (Wildman–Crippen MR) is 60.4 cm³/mol. The maximum atomic E-state index is 10.6. The summed E-state index contributed by atoms with van der Waals surface area (Å²) >= 11 is 0. The Kier molecular flexibility index (Phi) is 4.37. The smallest absolute Gasteiger partial charge is 0.316 e. The summed E-state index contributed by atoms with van der Waals surface area (Å²) in [6.07, 6.45) is 4.36. The van der Waals surface area contributed by atoms with Crippen molar-refractivity contribution in [1.29, 1.82) is 0 Å². The fraction of sp³-hybridized carbons (Fsp3) is 0.182. The van der Waals surface area contributed by atoms with Crippen LogP contribution in [-0.2, 0) is 0 Å². The van der Waals surface area contributed by atoms with Gasteiger partial charge in [0.1, 0.15) is 0 Å². The Morgan fingerprint density at radius 3 is 3.00 bits per heavy atom. The minimum atomic E-state index is -0.577. The van der Waals surface area contributed by atoms with Crippen LogP contribution in [0.3, 0.4) is 0 Å². The van der Waals surface area contributed by atoms with Crippen LogP contribution in [0.4, 0.5) is 10.5 Å². The number of anilines is 1. The van der Waals surface area contributed by atoms with Crippen LogP contribution in [0.2, 0.25) is 0 Å². The zero-order chi connectivity index (χ0) is 11.1. The molecule has 0 aromatic heterocycles. The average Bonchev–Trinajstić information content (AvgIpc) is 2.18. The van der Waals surface area contributed by atoms with Gasteiger partial charge in [-0.05, 0) is 24.1 Å². The summed E-state index contributed by atoms with van der Waals surface area (Å²) in [5.41, 5.74) is 6.61. The van der Waals surface area contributed by atoms with Crippen LogP contribution in [0.15, 0.2) is 30.3 Å². The van der Waals surface area contributed by atoms with E-state index in [0.29, 0.717) is 12.1 Å². The minimum Gasteiger partial charge on any atom is -0.396 e. The summed E-state index contributed by atoms with van der Waals surface area (Å²) in [7, 11) is 0. The van der Waals surface area contributed by atoms with Crippen molar-refractivity contribution >= 4 is 17.8 Å². The lowest BCUT2D eigenvalue weighted by Gasteiger charge is -2.01. The van der Waals surface area contributed by atoms with E-state index in [2.05, 4.69) is 5.32 Å². The maximum Gasteiger partial charge on any atom is 0.316 e. The van der Waals surface area contributed by atoms with Crippen LogP contribution in [0.25, 0.3) is 6.08 Å². The van der Waals surface area contributed by atoms with Crippen molar-refractivity contribution in [3.8, 4) is 0 Å². The largest absolute Gasteiger partial charge is 0.396 e. The molecule has 0 fully saturated rings. The Hall–Kier alpha value is -1.81. The Balaban J connectivity index is 2.69. The number of nitrogens with two attached hydrogens (primary N) is 1. The summed E-state index contributed by atoms with van der Waals surface area (Å²) in [5, 5.41) is 11.1. The Morgan fingerprint density at radius 1 is 1.53 bits per heavy atom. The van der Waals surface area contributed by atoms with Crippen LogP contribution < -0.4 is 11.1 Å². The lowest BCUT2D eigenvalue weighted by Crippen LogP contribution is -2.19. The second-order valence-electron chi connectivity index (χ2n) is 3.03. The third-order valence-corrected chi connectivity index (χ3v) is 1.76. The molecule has 1 aromatic rings. The van der Waals surface area contributed by atoms with Gasteiger partial charge in [-0.25, -0.2) is 4.79 Å². The van der Waals surface area contributed by atoms with E-state index < -0.39 is 6.03 Å². The first kappa shape index (κ1) is 11.3. The molecule has 4 N–H and O–H groups in total. The molecule has 0 atom stereocenters. The molecule has 0 spiro atoms. The van der Waals surface area contributed by atoms with Crippen molar-refractivity contribution in [2.75, 3.05) is 11.9 Å². The summed E-state index contributed by atoms with van der Waals surface area (Å²) in [6, 6.07) is 6.71. The van der Waals surface area contributed by atoms with Crippen molar-refractivity contribution in [2.24, 2.45) is 5.73 Å². The summed E-state index contributed by atoms with van der Waals surface area (Å²) in [5.74, 6) is 0. The van der Waals surface area contributed by atoms with Crippen LogP contribution >= 0.6 is 0 Å². The average molecular weight is 206 g/mol. The quantitative estimate of drug-likeness (QED) is 0.699. The number of urea groups is 1. The molecule has 15 heavy (non-hydrogen) atoms. The zero-order valence-corrected chi connectivity index (χ0v) is 8.31. The molecule has 80 valence electrons. The first-order valence-corrected chi connectivity index (χ1v) is 4.66. The van der Waals surface area contributed by atoms with E-state index in [-0.39, 0.29) is 6.61 Å². The summed E-state index contributed by atoms with van der Waals surface area (Å²) < 4.78 is 0. The molecule has 0 bridgehead atoms. The van der Waals surface area contributed by atoms with Crippen LogP contribution in [0.1, 0.15) is 12.0 Å². The molecule has 1 aromatic carbocycles. The van der Waals surface area contributed by atoms with Gasteiger partial charge in [-0.3, -0.25) is 0 Å². The molecule has 2 amide bonds. The van der Waals surface area contributed by atoms with Gasteiger partial charge >= 0.3 is 6.03 Å². The van der Waals surface area contributed by atoms with Crippen LogP contribution in [-0.4, -0.2) is 17.7 Å². The number of amides is 2. The van der Waals surface area contributed by atoms with Crippen molar-refractivity contribution < 1.29 is 9.90 Å². The van der Waals surface area contributed by atoms with Crippen molar-refractivity contribution in [3.05, 3.63) is 35.9 Å². The first-order valence-electron chi connectivity index (χ1n) is 4.66.